The minimum atomic E-state index is -0.181. The van der Waals surface area contributed by atoms with Crippen LogP contribution in [0.5, 0.6) is 0 Å². The van der Waals surface area contributed by atoms with E-state index in [-0.39, 0.29) is 128 Å². The zero-order chi connectivity index (χ0) is 47.9. The molecule has 342 valence electrons. The summed E-state index contributed by atoms with van der Waals surface area (Å²) in [5.74, 6) is 1.84. The number of fused-ring (bicyclic) bond motifs is 4. The third kappa shape index (κ3) is 12.4. The van der Waals surface area contributed by atoms with Gasteiger partial charge in [0.05, 0.1) is 55.3 Å². The summed E-state index contributed by atoms with van der Waals surface area (Å²) in [4.78, 5) is 55.2. The van der Waals surface area contributed by atoms with Crippen LogP contribution >= 0.6 is 56.8 Å². The fourth-order valence-corrected chi connectivity index (χ4v) is 9.17. The molecule has 0 amide bonds. The predicted octanol–water partition coefficient (Wildman–Crippen LogP) is 1.42. The second-order valence-electron chi connectivity index (χ2n) is 14.9. The van der Waals surface area contributed by atoms with Crippen LogP contribution in [-0.4, -0.2) is 55.5 Å². The zero-order valence-corrected chi connectivity index (χ0v) is 49.6. The first kappa shape index (κ1) is 56.4. The molecule has 0 saturated carbocycles. The Morgan fingerprint density at radius 3 is 1.74 bits per heavy atom. The van der Waals surface area contributed by atoms with Crippen molar-refractivity contribution in [3.05, 3.63) is 171 Å². The first-order chi connectivity index (χ1) is 32.3. The van der Waals surface area contributed by atoms with Gasteiger partial charge in [0.2, 0.25) is 0 Å². The van der Waals surface area contributed by atoms with Gasteiger partial charge in [0.15, 0.2) is 5.65 Å². The van der Waals surface area contributed by atoms with Crippen molar-refractivity contribution in [1.29, 1.82) is 0 Å². The molecular formula is C47H41ClI2K2N12O5. The molecule has 10 rings (SSSR count). The van der Waals surface area contributed by atoms with Crippen LogP contribution in [0.4, 0.5) is 11.5 Å². The van der Waals surface area contributed by atoms with Crippen LogP contribution in [0, 0.1) is 35.1 Å². The van der Waals surface area contributed by atoms with Crippen molar-refractivity contribution in [3.8, 4) is 11.4 Å². The molecule has 5 heterocycles. The molecule has 0 radical (unpaired) electrons. The van der Waals surface area contributed by atoms with Gasteiger partial charge in [0.1, 0.15) is 37.7 Å². The SMILES string of the molecule is Cc1ccccc1-n1c(CCl)nc2cccc(C)c2c1=O.Cc1ccccc1-n1c(Cn2nc(I)c3c(N)cccc32)nc2cccc(C)c2c1=O.Nc1ncnc2n[nH]c(I)c12.O=CO[O-].[H-].[K+].[K+]. The normalized spacial score (nSPS) is 10.5. The fourth-order valence-electron chi connectivity index (χ4n) is 7.51. The quantitative estimate of drug-likeness (QED) is 0.0407. The number of anilines is 2. The van der Waals surface area contributed by atoms with Crippen molar-refractivity contribution in [1.82, 2.24) is 49.0 Å². The predicted molar refractivity (Wildman–Crippen MR) is 276 cm³/mol. The van der Waals surface area contributed by atoms with E-state index in [1.165, 1.54) is 6.33 Å². The molecule has 5 N–H and O–H groups in total. The smallest absolute Gasteiger partial charge is 1.00 e. The van der Waals surface area contributed by atoms with Crippen molar-refractivity contribution in [3.63, 3.8) is 0 Å². The summed E-state index contributed by atoms with van der Waals surface area (Å²) in [7, 11) is 0. The maximum absolute atomic E-state index is 13.7. The Balaban J connectivity index is 0.000000236. The van der Waals surface area contributed by atoms with Crippen LogP contribution in [0.2, 0.25) is 0 Å². The van der Waals surface area contributed by atoms with Crippen LogP contribution in [0.3, 0.4) is 0 Å². The summed E-state index contributed by atoms with van der Waals surface area (Å²) in [6.45, 7) is 8.01. The van der Waals surface area contributed by atoms with Gasteiger partial charge in [-0.2, -0.15) is 10.2 Å². The minimum absolute atomic E-state index is 0. The fraction of sp³-hybridized carbons (Fsp3) is 0.128. The van der Waals surface area contributed by atoms with Crippen molar-refractivity contribution in [2.45, 2.75) is 40.1 Å². The molecule has 0 bridgehead atoms. The number of nitrogens with one attached hydrogen (secondary N) is 1. The number of halogens is 3. The van der Waals surface area contributed by atoms with Gasteiger partial charge in [-0.05, 0) is 132 Å². The third-order valence-electron chi connectivity index (χ3n) is 10.6. The number of benzene rings is 5. The van der Waals surface area contributed by atoms with Gasteiger partial charge in [-0.15, -0.1) is 11.6 Å². The number of alkyl halides is 1. The van der Waals surface area contributed by atoms with Gasteiger partial charge in [-0.1, -0.05) is 66.7 Å². The van der Waals surface area contributed by atoms with E-state index in [2.05, 4.69) is 75.2 Å². The summed E-state index contributed by atoms with van der Waals surface area (Å²) in [6.07, 6.45) is 1.40. The number of aryl methyl sites for hydroxylation is 4. The molecule has 0 aliphatic heterocycles. The molecule has 0 atom stereocenters. The summed E-state index contributed by atoms with van der Waals surface area (Å²) in [5.41, 5.74) is 20.7. The Kier molecular flexibility index (Phi) is 21.0. The van der Waals surface area contributed by atoms with Crippen molar-refractivity contribution >= 4 is 119 Å². The van der Waals surface area contributed by atoms with Crippen LogP contribution in [0.25, 0.3) is 55.1 Å². The van der Waals surface area contributed by atoms with Gasteiger partial charge in [-0.25, -0.2) is 19.9 Å². The number of carbonyl (C=O) groups excluding carboxylic acids is 1. The van der Waals surface area contributed by atoms with Crippen molar-refractivity contribution in [2.75, 3.05) is 11.5 Å². The largest absolute Gasteiger partial charge is 1.00 e. The number of para-hydroxylation sites is 2. The molecule has 0 aliphatic rings. The first-order valence-corrected chi connectivity index (χ1v) is 22.9. The summed E-state index contributed by atoms with van der Waals surface area (Å²) in [6, 6.07) is 32.8. The molecule has 5 aromatic carbocycles. The first-order valence-electron chi connectivity index (χ1n) is 20.2. The van der Waals surface area contributed by atoms with E-state index in [1.807, 2.05) is 136 Å². The van der Waals surface area contributed by atoms with E-state index < -0.39 is 0 Å². The third-order valence-corrected chi connectivity index (χ3v) is 12.4. The summed E-state index contributed by atoms with van der Waals surface area (Å²) >= 11 is 10.3. The Morgan fingerprint density at radius 1 is 0.710 bits per heavy atom. The maximum atomic E-state index is 13.7. The van der Waals surface area contributed by atoms with Crippen LogP contribution in [-0.2, 0) is 22.1 Å². The minimum Gasteiger partial charge on any atom is -1.00 e. The van der Waals surface area contributed by atoms with Gasteiger partial charge in [0.25, 0.3) is 17.6 Å². The number of hydrogen-bond donors (Lipinski definition) is 3. The van der Waals surface area contributed by atoms with Crippen LogP contribution in [0.15, 0.2) is 119 Å². The second kappa shape index (κ2) is 25.7. The van der Waals surface area contributed by atoms with Gasteiger partial charge < -0.3 is 23.0 Å². The van der Waals surface area contributed by atoms with E-state index in [0.29, 0.717) is 57.2 Å². The Labute approximate surface area is 513 Å². The summed E-state index contributed by atoms with van der Waals surface area (Å²) < 4.78 is 6.91. The molecule has 0 aliphatic carbocycles. The van der Waals surface area contributed by atoms with E-state index in [0.717, 1.165) is 57.3 Å². The molecular weight excluding hydrogens is 1180 g/mol. The Hall–Kier alpha value is -3.55. The van der Waals surface area contributed by atoms with Crippen LogP contribution in [0.1, 0.15) is 35.3 Å². The standard InChI is InChI=1S/C24H20IN5O.C17H15ClN2O.C5H4IN5.CH2O3.2K.H/c1-14-7-3-4-11-18(14)30-20(27-17-10-5-8-15(2)21(17)24(30)31)13-29-19-12-6-9-16(26)22(19)23(25)28-29;1-11-6-3-4-9-14(11)20-15(10-18)19-13-8-5-7-12(2)16(13)17(20)21;6-3-2-4(7)8-1-9-5(2)11-10-3;2-1-4-3;;;/h3-12H,13,26H2,1-2H3;3-9H,10H2,1-2H3;1H,(H3,7,8,9,10,11);1,3H;;;/q;;;;2*+1;-1/p-1. The second-order valence-corrected chi connectivity index (χ2v) is 17.2. The van der Waals surface area contributed by atoms with E-state index in [4.69, 9.17) is 43.2 Å². The molecule has 0 unspecified atom stereocenters. The molecule has 10 aromatic rings. The summed E-state index contributed by atoms with van der Waals surface area (Å²) in [5, 5.41) is 22.8. The Morgan fingerprint density at radius 2 is 1.22 bits per heavy atom. The Bertz CT molecular complexity index is 3600. The van der Waals surface area contributed by atoms with Crippen molar-refractivity contribution < 1.29 is 119 Å². The number of H-pyrrole nitrogens is 1. The molecule has 0 saturated heterocycles. The number of nitrogen functional groups attached to an aromatic ring is 2. The number of carbonyl (C=O) groups is 1. The molecule has 69 heavy (non-hydrogen) atoms. The average molecular weight is 1220 g/mol. The molecule has 0 spiro atoms. The van der Waals surface area contributed by atoms with Crippen LogP contribution < -0.4 is 131 Å². The molecule has 17 nitrogen and oxygen atoms in total. The number of aromatic amines is 1. The average Bonchev–Trinajstić information content (AvgIpc) is 3.86. The monoisotopic (exact) mass is 1220 g/mol. The van der Waals surface area contributed by atoms with E-state index >= 15 is 0 Å². The van der Waals surface area contributed by atoms with Gasteiger partial charge >= 0.3 is 103 Å². The maximum Gasteiger partial charge on any atom is 1.00 e. The number of aromatic nitrogens is 10. The number of rotatable bonds is 6. The zero-order valence-electron chi connectivity index (χ0n) is 39.2. The number of nitrogens with two attached hydrogens (primary N) is 2. The molecule has 0 fully saturated rings. The van der Waals surface area contributed by atoms with Gasteiger partial charge in [0, 0.05) is 5.69 Å². The molecule has 22 heteroatoms. The van der Waals surface area contributed by atoms with E-state index in [9.17, 15) is 9.59 Å². The van der Waals surface area contributed by atoms with Gasteiger partial charge in [-0.3, -0.25) is 33.3 Å². The topological polar surface area (TPSA) is 243 Å². The molecule has 5 aromatic heterocycles. The van der Waals surface area contributed by atoms with E-state index in [1.54, 1.807) is 9.13 Å². The number of nitrogens with zero attached hydrogens (tertiary/aromatic N) is 9. The van der Waals surface area contributed by atoms with Crippen molar-refractivity contribution in [2.24, 2.45) is 0 Å². The number of hydrogen-bond acceptors (Lipinski definition) is 13.